The number of rotatable bonds is 6. The lowest BCUT2D eigenvalue weighted by molar-refractivity contribution is -0.306. The minimum absolute atomic E-state index is 0.00871. The molecule has 0 saturated heterocycles. The number of halogens is 5. The lowest BCUT2D eigenvalue weighted by atomic mass is 9.97. The molecule has 0 fully saturated rings. The Balaban J connectivity index is 1.77. The van der Waals surface area contributed by atoms with Gasteiger partial charge in [-0.05, 0) is 30.2 Å². The van der Waals surface area contributed by atoms with Crippen molar-refractivity contribution in [2.24, 2.45) is 0 Å². The molecule has 1 aromatic heterocycles. The average molecular weight is 448 g/mol. The maximum Gasteiger partial charge on any atom is 0.572 e. The summed E-state index contributed by atoms with van der Waals surface area (Å²) in [6.07, 6.45) is -1.28. The number of allylic oxidation sites excluding steroid dienone is 3. The largest absolute Gasteiger partial charge is 0.572 e. The van der Waals surface area contributed by atoms with E-state index in [4.69, 9.17) is 0 Å². The normalized spacial score (nSPS) is 17.4. The fourth-order valence-electron chi connectivity index (χ4n) is 3.08. The predicted octanol–water partition coefficient (Wildman–Crippen LogP) is 3.30. The quantitative estimate of drug-likeness (QED) is 0.652. The number of nitrogens with zero attached hydrogens (tertiary/aromatic N) is 2. The highest BCUT2D eigenvalue weighted by Gasteiger charge is 2.34. The smallest absolute Gasteiger partial charge is 0.410 e. The molecule has 3 amide bonds. The zero-order valence-electron chi connectivity index (χ0n) is 15.8. The number of carbonyl (C=O) groups excluding carboxylic acids is 2. The van der Waals surface area contributed by atoms with Gasteiger partial charge in [0.2, 0.25) is 5.91 Å². The summed E-state index contributed by atoms with van der Waals surface area (Å²) < 4.78 is 70.3. The number of alkyl halides is 5. The van der Waals surface area contributed by atoms with Crippen LogP contribution in [-0.4, -0.2) is 49.1 Å². The number of aromatic nitrogens is 1. The Morgan fingerprint density at radius 2 is 2.06 bits per heavy atom. The third kappa shape index (κ3) is 6.13. The Morgan fingerprint density at radius 1 is 1.29 bits per heavy atom. The molecule has 0 radical (unpaired) electrons. The van der Waals surface area contributed by atoms with Crippen molar-refractivity contribution in [3.63, 3.8) is 0 Å². The number of fused-ring (bicyclic) bond motifs is 1. The molecule has 1 aliphatic carbocycles. The summed E-state index contributed by atoms with van der Waals surface area (Å²) in [4.78, 5) is 29.8. The second-order valence-electron chi connectivity index (χ2n) is 6.53. The van der Waals surface area contributed by atoms with Crippen molar-refractivity contribution < 1.29 is 41.0 Å². The highest BCUT2D eigenvalue weighted by molar-refractivity contribution is 6.08. The third-order valence-electron chi connectivity index (χ3n) is 4.39. The number of hydrogen-bond acceptors (Lipinski definition) is 5. The number of anilines is 2. The molecule has 1 aliphatic heterocycles. The van der Waals surface area contributed by atoms with Crippen LogP contribution in [0.3, 0.4) is 0 Å². The van der Waals surface area contributed by atoms with E-state index in [1.165, 1.54) is 18.3 Å². The van der Waals surface area contributed by atoms with Crippen LogP contribution in [0.2, 0.25) is 0 Å². The van der Waals surface area contributed by atoms with Gasteiger partial charge in [-0.15, -0.1) is 13.2 Å². The molecule has 168 valence electrons. The summed E-state index contributed by atoms with van der Waals surface area (Å²) in [5.41, 5.74) is 0.647. The molecule has 0 saturated carbocycles. The van der Waals surface area contributed by atoms with Crippen LogP contribution >= 0.6 is 0 Å². The number of carbonyl (C=O) groups is 2. The Bertz CT molecular complexity index is 903. The highest BCUT2D eigenvalue weighted by atomic mass is 19.4. The van der Waals surface area contributed by atoms with Gasteiger partial charge in [0, 0.05) is 12.6 Å². The highest BCUT2D eigenvalue weighted by Crippen LogP contribution is 2.29. The fraction of sp³-hybridized carbons (Fsp3) is 0.389. The molecule has 0 bridgehead atoms. The minimum atomic E-state index is -4.85. The molecule has 8 nitrogen and oxygen atoms in total. The van der Waals surface area contributed by atoms with Crippen LogP contribution in [0, 0.1) is 0 Å². The summed E-state index contributed by atoms with van der Waals surface area (Å²) in [7, 11) is 0. The second-order valence-corrected chi connectivity index (χ2v) is 6.53. The van der Waals surface area contributed by atoms with Crippen LogP contribution in [0.4, 0.5) is 38.3 Å². The van der Waals surface area contributed by atoms with Gasteiger partial charge in [0.1, 0.15) is 12.3 Å². The van der Waals surface area contributed by atoms with Gasteiger partial charge in [-0.2, -0.15) is 8.78 Å². The maximum atomic E-state index is 12.8. The minimum Gasteiger partial charge on any atom is -0.410 e. The zero-order chi connectivity index (χ0) is 22.6. The first kappa shape index (κ1) is 22.5. The van der Waals surface area contributed by atoms with Crippen LogP contribution in [0.25, 0.3) is 0 Å². The summed E-state index contributed by atoms with van der Waals surface area (Å²) in [5, 5.41) is 5.04. The zero-order valence-corrected chi connectivity index (χ0v) is 15.8. The Labute approximate surface area is 172 Å². The Morgan fingerprint density at radius 3 is 2.71 bits per heavy atom. The summed E-state index contributed by atoms with van der Waals surface area (Å²) in [5.74, 6) is -0.668. The van der Waals surface area contributed by atoms with E-state index in [9.17, 15) is 31.5 Å². The second kappa shape index (κ2) is 9.29. The van der Waals surface area contributed by atoms with E-state index in [0.717, 1.165) is 11.0 Å². The fourth-order valence-corrected chi connectivity index (χ4v) is 3.08. The molecule has 1 unspecified atom stereocenters. The third-order valence-corrected chi connectivity index (χ3v) is 4.39. The molecule has 13 heteroatoms. The summed E-state index contributed by atoms with van der Waals surface area (Å²) in [6.45, 7) is -4.11. The predicted molar refractivity (Wildman–Crippen MR) is 97.0 cm³/mol. The standard InChI is InChI=1S/C18H17F5N4O4/c19-16(20)30-9-13(10-3-5-11(6-4-10)31-18(21,22)23)26-17(29)27-8-14(28)25-12-2-1-7-24-15(12)27/h1-3,5,7,13,16H,4,6,8-9H2,(H,25,28)(H,26,29). The molecule has 1 atom stereocenters. The first-order valence-corrected chi connectivity index (χ1v) is 9.00. The van der Waals surface area contributed by atoms with E-state index >= 15 is 0 Å². The van der Waals surface area contributed by atoms with Gasteiger partial charge in [0.25, 0.3) is 0 Å². The van der Waals surface area contributed by atoms with E-state index in [0.29, 0.717) is 11.3 Å². The summed E-state index contributed by atoms with van der Waals surface area (Å²) in [6, 6.07) is 1.20. The molecular formula is C18H17F5N4O4. The molecule has 1 aromatic rings. The number of amides is 3. The van der Waals surface area contributed by atoms with Crippen molar-refractivity contribution in [3.8, 4) is 0 Å². The van der Waals surface area contributed by atoms with Gasteiger partial charge in [-0.1, -0.05) is 6.08 Å². The first-order chi connectivity index (χ1) is 14.6. The van der Waals surface area contributed by atoms with Gasteiger partial charge < -0.3 is 20.1 Å². The van der Waals surface area contributed by atoms with Crippen LogP contribution in [-0.2, 0) is 14.3 Å². The topological polar surface area (TPSA) is 92.8 Å². The Kier molecular flexibility index (Phi) is 6.73. The SMILES string of the molecule is O=C1CN(C(=O)NC(COC(F)F)C2=CC=C(OC(F)(F)F)CC2)c2ncccc2N1. The molecule has 0 aromatic carbocycles. The number of urea groups is 1. The Hall–Kier alpha value is -3.22. The van der Waals surface area contributed by atoms with Gasteiger partial charge in [-0.3, -0.25) is 9.69 Å². The maximum absolute atomic E-state index is 12.8. The molecular weight excluding hydrogens is 431 g/mol. The van der Waals surface area contributed by atoms with Gasteiger partial charge in [0.05, 0.1) is 18.3 Å². The number of ether oxygens (including phenoxy) is 2. The number of nitrogens with one attached hydrogen (secondary N) is 2. The summed E-state index contributed by atoms with van der Waals surface area (Å²) >= 11 is 0. The molecule has 3 rings (SSSR count). The lowest BCUT2D eigenvalue weighted by Crippen LogP contribution is -2.52. The van der Waals surface area contributed by atoms with Crippen LogP contribution in [0.1, 0.15) is 12.8 Å². The van der Waals surface area contributed by atoms with E-state index in [2.05, 4.69) is 25.1 Å². The van der Waals surface area contributed by atoms with Crippen LogP contribution in [0.5, 0.6) is 0 Å². The van der Waals surface area contributed by atoms with Gasteiger partial charge >= 0.3 is 19.0 Å². The van der Waals surface area contributed by atoms with E-state index < -0.39 is 37.6 Å². The van der Waals surface area contributed by atoms with Crippen molar-refractivity contribution in [2.45, 2.75) is 31.9 Å². The van der Waals surface area contributed by atoms with Gasteiger partial charge in [0.15, 0.2) is 5.82 Å². The van der Waals surface area contributed by atoms with Gasteiger partial charge in [-0.25, -0.2) is 9.78 Å². The van der Waals surface area contributed by atoms with Crippen molar-refractivity contribution in [2.75, 3.05) is 23.4 Å². The molecule has 31 heavy (non-hydrogen) atoms. The van der Waals surface area contributed by atoms with Crippen LogP contribution in [0.15, 0.2) is 41.8 Å². The first-order valence-electron chi connectivity index (χ1n) is 9.00. The molecule has 2 N–H and O–H groups in total. The van der Waals surface area contributed by atoms with E-state index in [1.807, 2.05) is 0 Å². The van der Waals surface area contributed by atoms with Crippen molar-refractivity contribution in [1.82, 2.24) is 10.3 Å². The van der Waals surface area contributed by atoms with E-state index in [1.54, 1.807) is 6.07 Å². The van der Waals surface area contributed by atoms with Crippen molar-refractivity contribution in [1.29, 1.82) is 0 Å². The van der Waals surface area contributed by atoms with Crippen molar-refractivity contribution >= 4 is 23.4 Å². The molecule has 0 spiro atoms. The average Bonchev–Trinajstić information content (AvgIpc) is 2.69. The van der Waals surface area contributed by atoms with E-state index in [-0.39, 0.29) is 31.0 Å². The molecule has 2 heterocycles. The number of pyridine rings is 1. The lowest BCUT2D eigenvalue weighted by Gasteiger charge is -2.31. The molecule has 2 aliphatic rings. The van der Waals surface area contributed by atoms with Crippen molar-refractivity contribution in [3.05, 3.63) is 41.8 Å². The van der Waals surface area contributed by atoms with Crippen LogP contribution < -0.4 is 15.5 Å². The monoisotopic (exact) mass is 448 g/mol. The number of hydrogen-bond donors (Lipinski definition) is 2.